The van der Waals surface area contributed by atoms with Crippen LogP contribution in [0.25, 0.3) is 0 Å². The van der Waals surface area contributed by atoms with Crippen molar-refractivity contribution in [2.75, 3.05) is 0 Å². The van der Waals surface area contributed by atoms with Crippen LogP contribution < -0.4 is 16.2 Å². The van der Waals surface area contributed by atoms with Gasteiger partial charge in [-0.25, -0.2) is 0 Å². The number of aliphatic carboxylic acids is 2. The van der Waals surface area contributed by atoms with Gasteiger partial charge in [0, 0.05) is 0 Å². The van der Waals surface area contributed by atoms with E-state index in [9.17, 15) is 19.5 Å². The molecular formula is C11H20N2O5Se. The van der Waals surface area contributed by atoms with E-state index in [0.717, 1.165) is 5.32 Å². The van der Waals surface area contributed by atoms with E-state index in [1.54, 1.807) is 0 Å². The number of hydrogen-bond acceptors (Lipinski definition) is 5. The molecule has 4 N–H and O–H groups in total. The van der Waals surface area contributed by atoms with Gasteiger partial charge >= 0.3 is 116 Å². The number of rotatable bonds is 9. The van der Waals surface area contributed by atoms with Gasteiger partial charge in [-0.05, 0) is 0 Å². The Morgan fingerprint density at radius 3 is 2.32 bits per heavy atom. The zero-order valence-corrected chi connectivity index (χ0v) is 12.8. The van der Waals surface area contributed by atoms with E-state index >= 15 is 0 Å². The van der Waals surface area contributed by atoms with Gasteiger partial charge in [0.2, 0.25) is 0 Å². The van der Waals surface area contributed by atoms with E-state index in [0.29, 0.717) is 6.42 Å². The molecule has 19 heavy (non-hydrogen) atoms. The molecule has 1 amide bonds. The molecule has 0 saturated heterocycles. The fraction of sp³-hybridized carbons (Fsp3) is 0.727. The standard InChI is InChI=1S/C11H20N2O5Se/c1-19(2)6-5-8(11(17)18)13-9(14)4-3-7(12)10(15)16/h7-8H,3-6,12H2,1-2H3,(H2-,13,14,15,16,17,18)/t7-,8-/m0/s1. The zero-order valence-electron chi connectivity index (χ0n) is 11.0. The molecule has 2 atom stereocenters. The van der Waals surface area contributed by atoms with Crippen LogP contribution in [0.15, 0.2) is 0 Å². The summed E-state index contributed by atoms with van der Waals surface area (Å²) >= 11 is -0.777. The zero-order chi connectivity index (χ0) is 15.0. The van der Waals surface area contributed by atoms with Gasteiger partial charge in [0.1, 0.15) is 0 Å². The second-order valence-corrected chi connectivity index (χ2v) is 9.39. The van der Waals surface area contributed by atoms with Crippen LogP contribution in [0.5, 0.6) is 0 Å². The Hall–Kier alpha value is -1.11. The Balaban J connectivity index is 4.17. The predicted molar refractivity (Wildman–Crippen MR) is 68.7 cm³/mol. The van der Waals surface area contributed by atoms with Crippen molar-refractivity contribution in [1.29, 1.82) is 0 Å². The topological polar surface area (TPSA) is 133 Å². The van der Waals surface area contributed by atoms with Crippen LogP contribution in [0.1, 0.15) is 19.3 Å². The van der Waals surface area contributed by atoms with E-state index in [1.165, 1.54) is 0 Å². The summed E-state index contributed by atoms with van der Waals surface area (Å²) in [6.45, 7) is 0. The van der Waals surface area contributed by atoms with Crippen LogP contribution in [0.4, 0.5) is 0 Å². The predicted octanol–water partition coefficient (Wildman–Crippen LogP) is -1.44. The molecular weight excluding hydrogens is 319 g/mol. The van der Waals surface area contributed by atoms with Crippen LogP contribution in [-0.2, 0) is 14.4 Å². The van der Waals surface area contributed by atoms with Gasteiger partial charge in [0.25, 0.3) is 0 Å². The summed E-state index contributed by atoms with van der Waals surface area (Å²) in [5.74, 6) is 1.12. The summed E-state index contributed by atoms with van der Waals surface area (Å²) in [6.07, 6.45) is 0.199. The van der Waals surface area contributed by atoms with Gasteiger partial charge in [0.05, 0.1) is 0 Å². The molecule has 0 spiro atoms. The average Bonchev–Trinajstić information content (AvgIpc) is 2.30. The second kappa shape index (κ2) is 8.90. The number of carbonyl (C=O) groups is 3. The molecule has 8 heteroatoms. The molecule has 0 heterocycles. The normalized spacial score (nSPS) is 13.9. The van der Waals surface area contributed by atoms with Crippen molar-refractivity contribution in [3.05, 3.63) is 0 Å². The minimum absolute atomic E-state index is 0.0288. The third-order valence-electron chi connectivity index (χ3n) is 2.43. The van der Waals surface area contributed by atoms with Crippen LogP contribution in [0, 0.1) is 0 Å². The Morgan fingerprint density at radius 2 is 1.89 bits per heavy atom. The number of hydrogen-bond donors (Lipinski definition) is 3. The molecule has 0 aliphatic rings. The van der Waals surface area contributed by atoms with Gasteiger partial charge < -0.3 is 0 Å². The summed E-state index contributed by atoms with van der Waals surface area (Å²) < 4.78 is 0. The molecule has 0 bridgehead atoms. The second-order valence-electron chi connectivity index (χ2n) is 4.40. The Morgan fingerprint density at radius 1 is 1.32 bits per heavy atom. The Kier molecular flexibility index (Phi) is 8.38. The first kappa shape index (κ1) is 17.9. The Bertz CT molecular complexity index is 335. The summed E-state index contributed by atoms with van der Waals surface area (Å²) in [4.78, 5) is 32.8. The van der Waals surface area contributed by atoms with E-state index in [2.05, 4.69) is 17.0 Å². The van der Waals surface area contributed by atoms with Crippen molar-refractivity contribution in [2.45, 2.75) is 48.3 Å². The van der Waals surface area contributed by atoms with Crippen LogP contribution >= 0.6 is 0 Å². The quantitative estimate of drug-likeness (QED) is 0.441. The molecule has 0 aromatic rings. The molecule has 0 aliphatic heterocycles. The fourth-order valence-corrected chi connectivity index (χ4v) is 2.76. The Labute approximate surface area is 116 Å². The third-order valence-corrected chi connectivity index (χ3v) is 4.64. The first-order valence-corrected chi connectivity index (χ1v) is 10.4. The van der Waals surface area contributed by atoms with Crippen LogP contribution in [0.2, 0.25) is 17.0 Å². The minimum atomic E-state index is -1.32. The third kappa shape index (κ3) is 8.58. The maximum absolute atomic E-state index is 11.5. The molecule has 0 saturated carbocycles. The number of amides is 1. The molecule has 0 aliphatic carbocycles. The monoisotopic (exact) mass is 340 g/mol. The molecule has 0 aromatic carbocycles. The SMILES string of the molecule is C[Se+](C)CC[C@H](NC(=O)CC[C@H](N)C(=O)O)C(=O)[O-]. The number of carboxylic acid groups (broad SMARTS) is 2. The molecule has 0 aromatic heterocycles. The first-order valence-electron chi connectivity index (χ1n) is 5.76. The van der Waals surface area contributed by atoms with Gasteiger partial charge in [-0.1, -0.05) is 0 Å². The molecule has 7 nitrogen and oxygen atoms in total. The summed E-state index contributed by atoms with van der Waals surface area (Å²) in [6, 6.07) is -2.13. The summed E-state index contributed by atoms with van der Waals surface area (Å²) in [5, 5.41) is 22.5. The molecule has 110 valence electrons. The van der Waals surface area contributed by atoms with Gasteiger partial charge in [-0.3, -0.25) is 0 Å². The molecule has 0 rings (SSSR count). The number of nitrogens with one attached hydrogen (secondary N) is 1. The van der Waals surface area contributed by atoms with Crippen molar-refractivity contribution in [2.24, 2.45) is 5.73 Å². The summed E-state index contributed by atoms with van der Waals surface area (Å²) in [5.41, 5.74) is 5.25. The number of nitrogens with two attached hydrogens (primary N) is 1. The molecule has 0 radical (unpaired) electrons. The van der Waals surface area contributed by atoms with Gasteiger partial charge in [0.15, 0.2) is 0 Å². The van der Waals surface area contributed by atoms with Crippen molar-refractivity contribution < 1.29 is 24.6 Å². The van der Waals surface area contributed by atoms with E-state index < -0.39 is 43.8 Å². The van der Waals surface area contributed by atoms with Gasteiger partial charge in [-0.15, -0.1) is 0 Å². The van der Waals surface area contributed by atoms with E-state index in [-0.39, 0.29) is 12.8 Å². The maximum atomic E-state index is 11.5. The van der Waals surface area contributed by atoms with E-state index in [1.807, 2.05) is 0 Å². The molecule has 0 unspecified atom stereocenters. The van der Waals surface area contributed by atoms with Crippen LogP contribution in [0.3, 0.4) is 0 Å². The molecule has 0 fully saturated rings. The average molecular weight is 339 g/mol. The van der Waals surface area contributed by atoms with Crippen molar-refractivity contribution in [1.82, 2.24) is 5.32 Å². The van der Waals surface area contributed by atoms with Crippen molar-refractivity contribution in [3.8, 4) is 0 Å². The van der Waals surface area contributed by atoms with Crippen molar-refractivity contribution in [3.63, 3.8) is 0 Å². The van der Waals surface area contributed by atoms with Crippen LogP contribution in [-0.4, -0.2) is 48.9 Å². The van der Waals surface area contributed by atoms with Gasteiger partial charge in [-0.2, -0.15) is 0 Å². The summed E-state index contributed by atoms with van der Waals surface area (Å²) in [7, 11) is 0. The number of carbonyl (C=O) groups excluding carboxylic acids is 2. The fourth-order valence-electron chi connectivity index (χ4n) is 1.28. The van der Waals surface area contributed by atoms with Crippen molar-refractivity contribution >= 4 is 31.7 Å². The number of carboxylic acids is 2. The first-order chi connectivity index (χ1) is 8.73. The van der Waals surface area contributed by atoms with E-state index in [4.69, 9.17) is 10.8 Å².